The molecule has 0 saturated carbocycles. The molecule has 5 rings (SSSR count). The van der Waals surface area contributed by atoms with E-state index in [0.29, 0.717) is 6.42 Å². The standard InChI is InChI=1S/C54H86FN7O18S/c1-15-38-54(11,70)44(65)30(5)40(60-74-21-17-56)28(3)25-52(9,69)45(79-51-42(64)37(61(12)13)23-29(4)75-51)31(6)43(32(7)50(68)77-38)78-39-26-53(10,73-14)46(33(8)76-39)80-81(71,72)22-20-57-18-19-58-47-36(55)24-34-41(63)35(49(66)67)27-62(16-2)48(34)59-47/h24,27-33,37-39,42-46,51,57,64-65,69-70H,15-16,18-23,25-26H2,1-14H3,(H,58,59)(H,66,67)/b60-40+/t28-,29-,30+,31+,32-,33+,37+,38-,39+,42-,43+,44-,45?,46+,51+,52?,53-,54-/m1/s1. The number of ether oxygens (including phenoxy) is 6. The molecule has 0 aromatic carbocycles. The summed E-state index contributed by atoms with van der Waals surface area (Å²) in [6.45, 7) is 17.7. The molecule has 2 aromatic heterocycles. The van der Waals surface area contributed by atoms with Crippen LogP contribution in [0.4, 0.5) is 10.2 Å². The number of hydrogen-bond acceptors (Lipinski definition) is 23. The molecule has 0 amide bonds. The van der Waals surface area contributed by atoms with Gasteiger partial charge in [0.25, 0.3) is 10.1 Å². The van der Waals surface area contributed by atoms with Gasteiger partial charge in [-0.05, 0) is 87.9 Å². The molecule has 5 heterocycles. The van der Waals surface area contributed by atoms with Gasteiger partial charge in [0.05, 0.1) is 64.5 Å². The fourth-order valence-corrected chi connectivity index (χ4v) is 12.7. The summed E-state index contributed by atoms with van der Waals surface area (Å²) in [6.07, 6.45) is -10.7. The zero-order valence-corrected chi connectivity index (χ0v) is 49.8. The number of cyclic esters (lactones) is 1. The molecule has 27 heteroatoms. The van der Waals surface area contributed by atoms with Gasteiger partial charge in [-0.25, -0.2) is 14.2 Å². The number of aromatic carboxylic acids is 1. The van der Waals surface area contributed by atoms with Crippen molar-refractivity contribution >= 4 is 44.6 Å². The fourth-order valence-electron chi connectivity index (χ4n) is 11.5. The van der Waals surface area contributed by atoms with Crippen molar-refractivity contribution in [3.8, 4) is 6.07 Å². The van der Waals surface area contributed by atoms with E-state index in [1.807, 2.05) is 32.0 Å². The molecule has 2 aromatic rings. The smallest absolute Gasteiger partial charge is 0.341 e. The van der Waals surface area contributed by atoms with Gasteiger partial charge < -0.3 is 78.9 Å². The number of rotatable bonds is 20. The molecule has 25 nitrogen and oxygen atoms in total. The first-order valence-electron chi connectivity index (χ1n) is 27.5. The first-order valence-corrected chi connectivity index (χ1v) is 29.1. The Balaban J connectivity index is 1.40. The highest BCUT2D eigenvalue weighted by Crippen LogP contribution is 2.42. The van der Waals surface area contributed by atoms with E-state index in [1.54, 1.807) is 48.5 Å². The number of pyridine rings is 2. The summed E-state index contributed by atoms with van der Waals surface area (Å²) < 4.78 is 88.0. The number of halogens is 1. The van der Waals surface area contributed by atoms with E-state index >= 15 is 4.39 Å². The number of aryl methyl sites for hydroxylation is 1. The Bertz CT molecular complexity index is 2730. The molecule has 3 aliphatic heterocycles. The molecule has 2 unspecified atom stereocenters. The van der Waals surface area contributed by atoms with Crippen molar-refractivity contribution in [2.24, 2.45) is 28.8 Å². The van der Waals surface area contributed by atoms with Crippen molar-refractivity contribution in [3.63, 3.8) is 0 Å². The molecule has 0 spiro atoms. The predicted octanol–water partition coefficient (Wildman–Crippen LogP) is 2.74. The lowest BCUT2D eigenvalue weighted by atomic mass is 9.73. The zero-order chi connectivity index (χ0) is 60.7. The number of methoxy groups -OCH3 is 1. The molecule has 3 fully saturated rings. The lowest BCUT2D eigenvalue weighted by molar-refractivity contribution is -0.316. The Morgan fingerprint density at radius 1 is 1.01 bits per heavy atom. The number of nitrogens with one attached hydrogen (secondary N) is 2. The van der Waals surface area contributed by atoms with Gasteiger partial charge in [0.1, 0.15) is 41.2 Å². The number of aromatic nitrogens is 2. The van der Waals surface area contributed by atoms with Crippen LogP contribution in [0.15, 0.2) is 22.2 Å². The van der Waals surface area contributed by atoms with Crippen LogP contribution in [0.5, 0.6) is 0 Å². The monoisotopic (exact) mass is 1170 g/mol. The minimum absolute atomic E-state index is 0.0509. The minimum atomic E-state index is -4.32. The molecule has 458 valence electrons. The molecule has 18 atom stereocenters. The summed E-state index contributed by atoms with van der Waals surface area (Å²) in [7, 11) is 0.674. The number of carboxylic acids is 1. The lowest BCUT2D eigenvalue weighted by Gasteiger charge is -2.49. The highest BCUT2D eigenvalue weighted by Gasteiger charge is 2.54. The number of aliphatic hydroxyl groups is 4. The highest BCUT2D eigenvalue weighted by molar-refractivity contribution is 7.86. The third-order valence-corrected chi connectivity index (χ3v) is 17.3. The number of esters is 1. The summed E-state index contributed by atoms with van der Waals surface area (Å²) in [6, 6.07) is 2.35. The van der Waals surface area contributed by atoms with E-state index in [1.165, 1.54) is 32.4 Å². The van der Waals surface area contributed by atoms with Gasteiger partial charge in [-0.3, -0.25) is 13.8 Å². The van der Waals surface area contributed by atoms with E-state index in [9.17, 15) is 53.6 Å². The number of carbonyl (C=O) groups is 2. The normalized spacial score (nSPS) is 36.2. The van der Waals surface area contributed by atoms with Crippen LogP contribution < -0.4 is 16.1 Å². The van der Waals surface area contributed by atoms with E-state index in [4.69, 9.17) is 37.4 Å². The van der Waals surface area contributed by atoms with E-state index < -0.39 is 159 Å². The van der Waals surface area contributed by atoms with Gasteiger partial charge in [0.15, 0.2) is 24.2 Å². The van der Waals surface area contributed by atoms with Crippen LogP contribution in [-0.4, -0.2) is 204 Å². The maximum Gasteiger partial charge on any atom is 0.341 e. The van der Waals surface area contributed by atoms with Crippen LogP contribution in [0.2, 0.25) is 0 Å². The van der Waals surface area contributed by atoms with Gasteiger partial charge in [-0.2, -0.15) is 13.7 Å². The average Bonchev–Trinajstić information content (AvgIpc) is 3.54. The predicted molar refractivity (Wildman–Crippen MR) is 293 cm³/mol. The van der Waals surface area contributed by atoms with Crippen LogP contribution >= 0.6 is 0 Å². The van der Waals surface area contributed by atoms with Gasteiger partial charge in [-0.15, -0.1) is 0 Å². The number of oxime groups is 1. The molecular weight excluding hydrogens is 1090 g/mol. The lowest BCUT2D eigenvalue weighted by Crippen LogP contribution is -2.61. The molecule has 0 aliphatic carbocycles. The second kappa shape index (κ2) is 27.9. The summed E-state index contributed by atoms with van der Waals surface area (Å²) in [4.78, 5) is 50.4. The van der Waals surface area contributed by atoms with E-state index in [-0.39, 0.29) is 68.0 Å². The Kier molecular flexibility index (Phi) is 23.2. The second-order valence-electron chi connectivity index (χ2n) is 22.7. The molecule has 3 aliphatic rings. The minimum Gasteiger partial charge on any atom is -0.477 e. The Hall–Kier alpha value is -4.54. The fraction of sp³-hybridized carbons (Fsp3) is 0.778. The quantitative estimate of drug-likeness (QED) is 0.0434. The zero-order valence-electron chi connectivity index (χ0n) is 49.0. The van der Waals surface area contributed by atoms with Crippen molar-refractivity contribution in [1.29, 1.82) is 5.26 Å². The highest BCUT2D eigenvalue weighted by atomic mass is 32.2. The number of carbonyl (C=O) groups excluding carboxylic acids is 1. The Labute approximate surface area is 473 Å². The molecular formula is C54H86FN7O18S. The summed E-state index contributed by atoms with van der Waals surface area (Å²) in [5.74, 6) is -7.88. The maximum absolute atomic E-state index is 15.1. The number of likely N-dealkylation sites (N-methyl/N-ethyl adjacent to an activating group) is 1. The molecule has 3 saturated heterocycles. The Morgan fingerprint density at radius 3 is 2.30 bits per heavy atom. The number of anilines is 1. The van der Waals surface area contributed by atoms with Crippen LogP contribution in [0.1, 0.15) is 112 Å². The number of carboxylic acid groups (broad SMARTS) is 1. The SMILES string of the molecule is CC[C@H]1OC(=O)[C@H](C)[C@@H](O[C@H]2C[C@@](C)(OC)[C@@H](OS(=O)(=O)CCNCCNc3nc4c(cc3F)c(=O)c(C(=O)O)cn4CC)[C@H](C)O2)[C@H](C)C(O[C@@H]2O[C@H](C)C[C@H](N(C)C)[C@H]2O)C(C)(O)C[C@@H](C)/C(=N\OCC#N)[C@H](C)[C@@H](O)[C@]1(C)O. The van der Waals surface area contributed by atoms with Crippen molar-refractivity contribution in [3.05, 3.63) is 33.9 Å². The van der Waals surface area contributed by atoms with Crippen molar-refractivity contribution in [2.45, 2.75) is 193 Å². The van der Waals surface area contributed by atoms with Crippen molar-refractivity contribution in [2.75, 3.05) is 58.5 Å². The number of aliphatic hydroxyl groups excluding tert-OH is 2. The van der Waals surface area contributed by atoms with Crippen LogP contribution in [-0.2, 0) is 58.9 Å². The molecule has 0 radical (unpaired) electrons. The number of hydrogen-bond donors (Lipinski definition) is 7. The third-order valence-electron chi connectivity index (χ3n) is 16.1. The molecule has 81 heavy (non-hydrogen) atoms. The topological polar surface area (TPSA) is 342 Å². The first-order chi connectivity index (χ1) is 37.8. The number of fused-ring (bicyclic) bond motifs is 1. The van der Waals surface area contributed by atoms with Crippen molar-refractivity contribution < 1.29 is 85.4 Å². The van der Waals surface area contributed by atoms with Gasteiger partial charge in [0.2, 0.25) is 12.0 Å². The summed E-state index contributed by atoms with van der Waals surface area (Å²) in [5.41, 5.74) is -6.55. The summed E-state index contributed by atoms with van der Waals surface area (Å²) in [5, 5.41) is 77.2. The summed E-state index contributed by atoms with van der Waals surface area (Å²) >= 11 is 0. The van der Waals surface area contributed by atoms with Crippen LogP contribution in [0.25, 0.3) is 11.0 Å². The third kappa shape index (κ3) is 15.8. The van der Waals surface area contributed by atoms with Gasteiger partial charge in [-0.1, -0.05) is 32.9 Å². The number of nitrogens with zero attached hydrogens (tertiary/aromatic N) is 5. The second-order valence-corrected chi connectivity index (χ2v) is 24.4. The first kappa shape index (κ1) is 67.3. The van der Waals surface area contributed by atoms with Gasteiger partial charge in [0, 0.05) is 69.7 Å². The average molecular weight is 1170 g/mol. The number of nitriles is 1. The molecule has 7 N–H and O–H groups in total. The Morgan fingerprint density at radius 2 is 1.69 bits per heavy atom. The molecule has 0 bridgehead atoms. The largest absolute Gasteiger partial charge is 0.477 e. The van der Waals surface area contributed by atoms with E-state index in [2.05, 4.69) is 20.8 Å². The van der Waals surface area contributed by atoms with Gasteiger partial charge >= 0.3 is 11.9 Å². The van der Waals surface area contributed by atoms with E-state index in [0.717, 1.165) is 12.3 Å². The van der Waals surface area contributed by atoms with Crippen LogP contribution in [0.3, 0.4) is 0 Å². The maximum atomic E-state index is 15.1. The van der Waals surface area contributed by atoms with Crippen molar-refractivity contribution in [1.82, 2.24) is 19.8 Å². The van der Waals surface area contributed by atoms with Crippen LogP contribution in [0, 0.1) is 40.8 Å².